The maximum Gasteiger partial charge on any atom is 0.417 e. The molecule has 4 aromatic rings. The molecule has 0 spiro atoms. The Morgan fingerprint density at radius 1 is 1.27 bits per heavy atom. The van der Waals surface area contributed by atoms with Crippen molar-refractivity contribution in [2.24, 2.45) is 0 Å². The zero-order valence-electron chi connectivity index (χ0n) is 15.7. The van der Waals surface area contributed by atoms with E-state index in [2.05, 4.69) is 15.3 Å². The van der Waals surface area contributed by atoms with Crippen molar-refractivity contribution in [3.8, 4) is 11.1 Å². The molecule has 0 bridgehead atoms. The average molecular weight is 427 g/mol. The van der Waals surface area contributed by atoms with Gasteiger partial charge in [0.15, 0.2) is 5.65 Å². The van der Waals surface area contributed by atoms with E-state index in [1.807, 2.05) is 6.92 Å². The van der Waals surface area contributed by atoms with Gasteiger partial charge in [-0.15, -0.1) is 0 Å². The summed E-state index contributed by atoms with van der Waals surface area (Å²) in [4.78, 5) is 30.9. The number of aromatic amines is 1. The second-order valence-electron chi connectivity index (χ2n) is 6.58. The van der Waals surface area contributed by atoms with Gasteiger partial charge in [-0.1, -0.05) is 24.6 Å². The molecule has 30 heavy (non-hydrogen) atoms. The minimum Gasteiger partial charge on any atom is -0.464 e. The standard InChI is InChI=1S/C21H16ClFN4O3/c1-2-16-18(10-13(20(28)26-16)11-3-4-15(23)14(22)9-11)25-17-5-7-24-19-12(17)6-8-27(19)21(29)30/h3-10H,2H2,1H3,(H,24,25)(H,26,28)(H,29,30). The summed E-state index contributed by atoms with van der Waals surface area (Å²) in [5, 5.41) is 13.1. The van der Waals surface area contributed by atoms with Crippen LogP contribution in [0.1, 0.15) is 12.6 Å². The van der Waals surface area contributed by atoms with Crippen molar-refractivity contribution in [2.45, 2.75) is 13.3 Å². The molecular formula is C21H16ClFN4O3. The highest BCUT2D eigenvalue weighted by molar-refractivity contribution is 6.31. The van der Waals surface area contributed by atoms with Crippen molar-refractivity contribution in [3.63, 3.8) is 0 Å². The molecular weight excluding hydrogens is 411 g/mol. The summed E-state index contributed by atoms with van der Waals surface area (Å²) < 4.78 is 14.6. The van der Waals surface area contributed by atoms with Crippen molar-refractivity contribution in [3.05, 3.63) is 75.7 Å². The Morgan fingerprint density at radius 3 is 2.77 bits per heavy atom. The number of benzene rings is 1. The van der Waals surface area contributed by atoms with Gasteiger partial charge in [0.1, 0.15) is 5.82 Å². The summed E-state index contributed by atoms with van der Waals surface area (Å²) in [6.45, 7) is 1.90. The van der Waals surface area contributed by atoms with Crippen LogP contribution in [0, 0.1) is 5.82 Å². The number of pyridine rings is 2. The number of H-pyrrole nitrogens is 1. The first kappa shape index (κ1) is 19.7. The molecule has 9 heteroatoms. The highest BCUT2D eigenvalue weighted by atomic mass is 35.5. The minimum atomic E-state index is -1.14. The van der Waals surface area contributed by atoms with E-state index in [1.54, 1.807) is 18.2 Å². The Hall–Kier alpha value is -3.65. The van der Waals surface area contributed by atoms with Gasteiger partial charge in [0.2, 0.25) is 0 Å². The second-order valence-corrected chi connectivity index (χ2v) is 6.98. The van der Waals surface area contributed by atoms with Crippen molar-refractivity contribution < 1.29 is 14.3 Å². The Kier molecular flexibility index (Phi) is 5.01. The number of rotatable bonds is 4. The van der Waals surface area contributed by atoms with Crippen molar-refractivity contribution in [1.29, 1.82) is 0 Å². The first-order valence-electron chi connectivity index (χ1n) is 9.07. The van der Waals surface area contributed by atoms with Crippen LogP contribution in [0.15, 0.2) is 53.6 Å². The van der Waals surface area contributed by atoms with Crippen LogP contribution in [0.25, 0.3) is 22.2 Å². The number of carbonyl (C=O) groups is 1. The smallest absolute Gasteiger partial charge is 0.417 e. The van der Waals surface area contributed by atoms with E-state index in [0.717, 1.165) is 4.57 Å². The van der Waals surface area contributed by atoms with E-state index in [4.69, 9.17) is 11.6 Å². The fourth-order valence-electron chi connectivity index (χ4n) is 3.28. The Bertz CT molecular complexity index is 1350. The Labute approximate surface area is 174 Å². The van der Waals surface area contributed by atoms with Gasteiger partial charge in [0.05, 0.1) is 16.4 Å². The number of aromatic nitrogens is 3. The number of carboxylic acid groups (broad SMARTS) is 1. The number of fused-ring (bicyclic) bond motifs is 1. The molecule has 3 heterocycles. The summed E-state index contributed by atoms with van der Waals surface area (Å²) in [5.74, 6) is -0.567. The maximum absolute atomic E-state index is 13.5. The quantitative estimate of drug-likeness (QED) is 0.425. The van der Waals surface area contributed by atoms with Crippen LogP contribution in [0.2, 0.25) is 5.02 Å². The van der Waals surface area contributed by atoms with Crippen LogP contribution in [0.4, 0.5) is 20.6 Å². The molecule has 0 aliphatic heterocycles. The van der Waals surface area contributed by atoms with Gasteiger partial charge in [0.25, 0.3) is 5.56 Å². The summed E-state index contributed by atoms with van der Waals surface area (Å²) >= 11 is 5.88. The molecule has 4 rings (SSSR count). The Balaban J connectivity index is 1.83. The molecule has 0 saturated heterocycles. The molecule has 152 valence electrons. The van der Waals surface area contributed by atoms with E-state index in [9.17, 15) is 19.1 Å². The highest BCUT2D eigenvalue weighted by Gasteiger charge is 2.15. The predicted molar refractivity (Wildman–Crippen MR) is 113 cm³/mol. The monoisotopic (exact) mass is 426 g/mol. The number of hydrogen-bond acceptors (Lipinski definition) is 4. The van der Waals surface area contributed by atoms with Crippen LogP contribution in [-0.2, 0) is 6.42 Å². The lowest BCUT2D eigenvalue weighted by molar-refractivity contribution is 0.197. The summed E-state index contributed by atoms with van der Waals surface area (Å²) in [6.07, 6.45) is 2.34. The van der Waals surface area contributed by atoms with Gasteiger partial charge in [-0.2, -0.15) is 0 Å². The number of nitrogens with zero attached hydrogens (tertiary/aromatic N) is 2. The fraction of sp³-hybridized carbons (Fsp3) is 0.0952. The van der Waals surface area contributed by atoms with Gasteiger partial charge in [-0.25, -0.2) is 18.7 Å². The predicted octanol–water partition coefficient (Wildman–Crippen LogP) is 5.02. The van der Waals surface area contributed by atoms with Crippen LogP contribution in [-0.4, -0.2) is 25.7 Å². The summed E-state index contributed by atoms with van der Waals surface area (Å²) in [7, 11) is 0. The second kappa shape index (κ2) is 7.64. The number of anilines is 2. The normalized spacial score (nSPS) is 11.0. The topological polar surface area (TPSA) is 100 Å². The number of halogens is 2. The van der Waals surface area contributed by atoms with Gasteiger partial charge in [0, 0.05) is 29.0 Å². The third-order valence-electron chi connectivity index (χ3n) is 4.77. The highest BCUT2D eigenvalue weighted by Crippen LogP contribution is 2.30. The van der Waals surface area contributed by atoms with Crippen molar-refractivity contribution in [2.75, 3.05) is 5.32 Å². The number of hydrogen-bond donors (Lipinski definition) is 3. The van der Waals surface area contributed by atoms with Crippen LogP contribution >= 0.6 is 11.6 Å². The fourth-order valence-corrected chi connectivity index (χ4v) is 3.46. The molecule has 0 amide bonds. The lowest BCUT2D eigenvalue weighted by atomic mass is 10.1. The Morgan fingerprint density at radius 2 is 2.07 bits per heavy atom. The molecule has 0 saturated carbocycles. The first-order chi connectivity index (χ1) is 14.4. The van der Waals surface area contributed by atoms with Crippen molar-refractivity contribution >= 4 is 40.1 Å². The van der Waals surface area contributed by atoms with Gasteiger partial charge < -0.3 is 15.4 Å². The van der Waals surface area contributed by atoms with E-state index in [-0.39, 0.29) is 10.6 Å². The van der Waals surface area contributed by atoms with Crippen LogP contribution in [0.5, 0.6) is 0 Å². The molecule has 1 aromatic carbocycles. The van der Waals surface area contributed by atoms with Gasteiger partial charge in [-0.3, -0.25) is 4.79 Å². The van der Waals surface area contributed by atoms with Crippen LogP contribution < -0.4 is 10.9 Å². The molecule has 0 atom stereocenters. The molecule has 0 unspecified atom stereocenters. The molecule has 3 N–H and O–H groups in total. The summed E-state index contributed by atoms with van der Waals surface area (Å²) in [6, 6.07) is 9.12. The molecule has 0 aliphatic rings. The molecule has 7 nitrogen and oxygen atoms in total. The largest absolute Gasteiger partial charge is 0.464 e. The molecule has 0 aliphatic carbocycles. The zero-order chi connectivity index (χ0) is 21.4. The summed E-state index contributed by atoms with van der Waals surface area (Å²) in [5.41, 5.74) is 2.69. The molecule has 3 aromatic heterocycles. The minimum absolute atomic E-state index is 0.0770. The number of aryl methyl sites for hydroxylation is 1. The van der Waals surface area contributed by atoms with Crippen molar-refractivity contribution in [1.82, 2.24) is 14.5 Å². The third kappa shape index (κ3) is 3.42. The zero-order valence-corrected chi connectivity index (χ0v) is 16.5. The van der Waals surface area contributed by atoms with Crippen LogP contribution in [0.3, 0.4) is 0 Å². The molecule has 0 radical (unpaired) electrons. The average Bonchev–Trinajstić information content (AvgIpc) is 3.16. The maximum atomic E-state index is 13.5. The third-order valence-corrected chi connectivity index (χ3v) is 5.06. The number of nitrogens with one attached hydrogen (secondary N) is 2. The van der Waals surface area contributed by atoms with E-state index < -0.39 is 11.9 Å². The first-order valence-corrected chi connectivity index (χ1v) is 9.45. The van der Waals surface area contributed by atoms with Gasteiger partial charge >= 0.3 is 6.09 Å². The lowest BCUT2D eigenvalue weighted by Crippen LogP contribution is -2.13. The van der Waals surface area contributed by atoms with Gasteiger partial charge in [-0.05, 0) is 42.3 Å². The molecule has 0 fully saturated rings. The SMILES string of the molecule is CCc1[nH]c(=O)c(-c2ccc(F)c(Cl)c2)cc1Nc1ccnc2c1ccn2C(=O)O. The van der Waals surface area contributed by atoms with E-state index in [1.165, 1.54) is 30.6 Å². The van der Waals surface area contributed by atoms with E-state index in [0.29, 0.717) is 45.6 Å². The van der Waals surface area contributed by atoms with E-state index >= 15 is 0 Å². The lowest BCUT2D eigenvalue weighted by Gasteiger charge is -2.14.